The van der Waals surface area contributed by atoms with Crippen LogP contribution in [0.1, 0.15) is 37.8 Å². The van der Waals surface area contributed by atoms with E-state index in [9.17, 15) is 9.18 Å². The Morgan fingerprint density at radius 1 is 1.17 bits per heavy atom. The van der Waals surface area contributed by atoms with E-state index in [4.69, 9.17) is 9.52 Å². The summed E-state index contributed by atoms with van der Waals surface area (Å²) in [6.45, 7) is 7.15. The summed E-state index contributed by atoms with van der Waals surface area (Å²) in [5, 5.41) is 8.85. The van der Waals surface area contributed by atoms with Crippen molar-refractivity contribution in [2.24, 2.45) is 0 Å². The molecule has 6 nitrogen and oxygen atoms in total. The maximum atomic E-state index is 13.3. The summed E-state index contributed by atoms with van der Waals surface area (Å²) in [6.07, 6.45) is 1.62. The second-order valence-corrected chi connectivity index (χ2v) is 8.06. The third-order valence-electron chi connectivity index (χ3n) is 4.74. The molecule has 0 aliphatic rings. The smallest absolute Gasteiger partial charge is 0.254 e. The number of halogens is 1. The van der Waals surface area contributed by atoms with Gasteiger partial charge in [-0.1, -0.05) is 20.8 Å². The quantitative estimate of drug-likeness (QED) is 0.536. The maximum Gasteiger partial charge on any atom is 0.254 e. The molecule has 0 aliphatic heterocycles. The first-order valence-electron chi connectivity index (χ1n) is 9.47. The number of aromatic nitrogens is 3. The highest BCUT2D eigenvalue weighted by molar-refractivity contribution is 5.81. The third kappa shape index (κ3) is 3.86. The summed E-state index contributed by atoms with van der Waals surface area (Å²) < 4.78 is 20.3. The van der Waals surface area contributed by atoms with Crippen molar-refractivity contribution >= 4 is 11.0 Å². The fourth-order valence-corrected chi connectivity index (χ4v) is 3.30. The minimum absolute atomic E-state index is 0.187. The van der Waals surface area contributed by atoms with Crippen molar-refractivity contribution in [1.82, 2.24) is 20.1 Å². The van der Waals surface area contributed by atoms with Crippen molar-refractivity contribution in [2.75, 3.05) is 0 Å². The van der Waals surface area contributed by atoms with Crippen molar-refractivity contribution in [3.63, 3.8) is 0 Å². The van der Waals surface area contributed by atoms with E-state index in [1.54, 1.807) is 23.1 Å². The molecule has 0 radical (unpaired) electrons. The number of nitrogens with zero attached hydrogens (tertiary/aromatic N) is 2. The molecule has 1 aromatic carbocycles. The zero-order chi connectivity index (χ0) is 20.6. The lowest BCUT2D eigenvalue weighted by atomic mass is 9.90. The van der Waals surface area contributed by atoms with E-state index in [2.05, 4.69) is 31.1 Å². The average molecular weight is 394 g/mol. The van der Waals surface area contributed by atoms with Gasteiger partial charge in [-0.2, -0.15) is 5.10 Å². The molecule has 0 fully saturated rings. The van der Waals surface area contributed by atoms with Crippen molar-refractivity contribution in [2.45, 2.75) is 39.3 Å². The number of hydrogen-bond donors (Lipinski definition) is 2. The lowest BCUT2D eigenvalue weighted by Crippen LogP contribution is -2.21. The van der Waals surface area contributed by atoms with Gasteiger partial charge in [-0.15, -0.1) is 0 Å². The van der Waals surface area contributed by atoms with Gasteiger partial charge in [0.15, 0.2) is 0 Å². The van der Waals surface area contributed by atoms with Crippen LogP contribution < -0.4 is 10.9 Å². The number of benzene rings is 1. The lowest BCUT2D eigenvalue weighted by molar-refractivity contribution is 0.482. The molecule has 0 aliphatic carbocycles. The van der Waals surface area contributed by atoms with Crippen LogP contribution in [0.25, 0.3) is 16.7 Å². The van der Waals surface area contributed by atoms with Crippen LogP contribution in [0, 0.1) is 5.82 Å². The Morgan fingerprint density at radius 2 is 1.93 bits per heavy atom. The normalized spacial score (nSPS) is 12.0. The number of rotatable bonds is 5. The maximum absolute atomic E-state index is 13.3. The van der Waals surface area contributed by atoms with Crippen molar-refractivity contribution in [3.8, 4) is 5.69 Å². The molecule has 150 valence electrons. The Labute approximate surface area is 167 Å². The van der Waals surface area contributed by atoms with Gasteiger partial charge in [0.25, 0.3) is 5.56 Å². The number of furan rings is 1. The molecule has 2 N–H and O–H groups in total. The second-order valence-electron chi connectivity index (χ2n) is 8.06. The standard InChI is InChI=1S/C22H23FN4O2/c1-22(2,3)19-18-11-14(12-24-13-17-5-4-10-29-17)21(28)25-20(18)27(26-19)16-8-6-15(23)7-9-16/h4-11,24H,12-13H2,1-3H3,(H,25,28). The molecule has 0 atom stereocenters. The molecular formula is C22H23FN4O2. The van der Waals surface area contributed by atoms with Crippen LogP contribution in [0.15, 0.2) is 57.9 Å². The molecule has 0 unspecified atom stereocenters. The van der Waals surface area contributed by atoms with E-state index in [1.165, 1.54) is 12.1 Å². The van der Waals surface area contributed by atoms with Gasteiger partial charge < -0.3 is 14.7 Å². The zero-order valence-electron chi connectivity index (χ0n) is 16.6. The molecule has 3 heterocycles. The van der Waals surface area contributed by atoms with Gasteiger partial charge in [0.1, 0.15) is 17.2 Å². The fourth-order valence-electron chi connectivity index (χ4n) is 3.30. The van der Waals surface area contributed by atoms with Crippen LogP contribution in [0.4, 0.5) is 4.39 Å². The molecule has 0 bridgehead atoms. The van der Waals surface area contributed by atoms with Gasteiger partial charge >= 0.3 is 0 Å². The van der Waals surface area contributed by atoms with Crippen LogP contribution in [0.5, 0.6) is 0 Å². The molecule has 4 rings (SSSR count). The predicted molar refractivity (Wildman–Crippen MR) is 110 cm³/mol. The van der Waals surface area contributed by atoms with Crippen LogP contribution in [-0.2, 0) is 18.5 Å². The Hall–Kier alpha value is -3.19. The van der Waals surface area contributed by atoms with E-state index in [1.807, 2.05) is 18.2 Å². The summed E-state index contributed by atoms with van der Waals surface area (Å²) in [7, 11) is 0. The van der Waals surface area contributed by atoms with Crippen LogP contribution in [-0.4, -0.2) is 14.8 Å². The van der Waals surface area contributed by atoms with Gasteiger partial charge in [-0.05, 0) is 42.5 Å². The SMILES string of the molecule is CC(C)(C)c1nn(-c2ccc(F)cc2)c2[nH]c(=O)c(CNCc3ccco3)cc12. The number of pyridine rings is 1. The summed E-state index contributed by atoms with van der Waals surface area (Å²) >= 11 is 0. The van der Waals surface area contributed by atoms with E-state index < -0.39 is 0 Å². The highest BCUT2D eigenvalue weighted by atomic mass is 19.1. The Bertz CT molecular complexity index is 1180. The minimum atomic E-state index is -0.320. The van der Waals surface area contributed by atoms with E-state index in [-0.39, 0.29) is 16.8 Å². The van der Waals surface area contributed by atoms with Gasteiger partial charge in [0.2, 0.25) is 0 Å². The molecule has 3 aromatic heterocycles. The highest BCUT2D eigenvalue weighted by Gasteiger charge is 2.24. The van der Waals surface area contributed by atoms with Gasteiger partial charge in [0.05, 0.1) is 24.2 Å². The van der Waals surface area contributed by atoms with Crippen molar-refractivity contribution in [3.05, 3.63) is 81.9 Å². The molecule has 0 spiro atoms. The number of fused-ring (bicyclic) bond motifs is 1. The first-order valence-corrected chi connectivity index (χ1v) is 9.47. The largest absolute Gasteiger partial charge is 0.468 e. The number of hydrogen-bond acceptors (Lipinski definition) is 4. The van der Waals surface area contributed by atoms with Gasteiger partial charge in [-0.3, -0.25) is 4.79 Å². The first kappa shape index (κ1) is 19.1. The first-order chi connectivity index (χ1) is 13.8. The topological polar surface area (TPSA) is 75.8 Å². The Balaban J connectivity index is 1.76. The van der Waals surface area contributed by atoms with E-state index >= 15 is 0 Å². The van der Waals surface area contributed by atoms with Crippen molar-refractivity contribution in [1.29, 1.82) is 0 Å². The van der Waals surface area contributed by atoms with Crippen molar-refractivity contribution < 1.29 is 8.81 Å². The molecule has 4 aromatic rings. The molecule has 7 heteroatoms. The fraction of sp³-hybridized carbons (Fsp3) is 0.273. The van der Waals surface area contributed by atoms with Crippen LogP contribution >= 0.6 is 0 Å². The molecule has 0 amide bonds. The Morgan fingerprint density at radius 3 is 2.59 bits per heavy atom. The van der Waals surface area contributed by atoms with Gasteiger partial charge in [0, 0.05) is 22.9 Å². The van der Waals surface area contributed by atoms with Crippen LogP contribution in [0.3, 0.4) is 0 Å². The molecule has 29 heavy (non-hydrogen) atoms. The second kappa shape index (κ2) is 7.33. The Kier molecular flexibility index (Phi) is 4.84. The van der Waals surface area contributed by atoms with E-state index in [0.29, 0.717) is 30.0 Å². The summed E-state index contributed by atoms with van der Waals surface area (Å²) in [4.78, 5) is 15.7. The molecule has 0 saturated heterocycles. The lowest BCUT2D eigenvalue weighted by Gasteiger charge is -2.15. The third-order valence-corrected chi connectivity index (χ3v) is 4.74. The summed E-state index contributed by atoms with van der Waals surface area (Å²) in [6, 6.07) is 11.6. The number of aromatic amines is 1. The zero-order valence-corrected chi connectivity index (χ0v) is 16.6. The van der Waals surface area contributed by atoms with E-state index in [0.717, 1.165) is 16.8 Å². The van der Waals surface area contributed by atoms with Gasteiger partial charge in [-0.25, -0.2) is 9.07 Å². The summed E-state index contributed by atoms with van der Waals surface area (Å²) in [5.41, 5.74) is 2.34. The van der Waals surface area contributed by atoms with Crippen LogP contribution in [0.2, 0.25) is 0 Å². The summed E-state index contributed by atoms with van der Waals surface area (Å²) in [5.74, 6) is 0.488. The monoisotopic (exact) mass is 394 g/mol. The molecular weight excluding hydrogens is 371 g/mol. The number of nitrogens with one attached hydrogen (secondary N) is 2. The predicted octanol–water partition coefficient (Wildman–Crippen LogP) is 4.03. The number of H-pyrrole nitrogens is 1. The highest BCUT2D eigenvalue weighted by Crippen LogP contribution is 2.30. The average Bonchev–Trinajstić information content (AvgIpc) is 3.30. The minimum Gasteiger partial charge on any atom is -0.468 e. The molecule has 0 saturated carbocycles.